The molecule has 0 aromatic rings. The van der Waals surface area contributed by atoms with Crippen LogP contribution < -0.4 is 5.32 Å². The molecule has 0 aliphatic carbocycles. The van der Waals surface area contributed by atoms with Crippen molar-refractivity contribution in [3.8, 4) is 0 Å². The fraction of sp³-hybridized carbons (Fsp3) is 0.887. The molecule has 0 aliphatic rings. The van der Waals surface area contributed by atoms with E-state index in [1.54, 1.807) is 6.08 Å². The van der Waals surface area contributed by atoms with Crippen LogP contribution in [0, 0.1) is 0 Å². The molecular weight excluding hydrogens is 731 g/mol. The van der Waals surface area contributed by atoms with Gasteiger partial charge in [-0.05, 0) is 51.4 Å². The van der Waals surface area contributed by atoms with E-state index in [1.807, 2.05) is 6.08 Å². The number of esters is 1. The van der Waals surface area contributed by atoms with Gasteiger partial charge in [-0.15, -0.1) is 0 Å². The van der Waals surface area contributed by atoms with E-state index >= 15 is 0 Å². The lowest BCUT2D eigenvalue weighted by Crippen LogP contribution is -2.45. The summed E-state index contributed by atoms with van der Waals surface area (Å²) in [6.07, 6.45) is 57.6. The van der Waals surface area contributed by atoms with Gasteiger partial charge in [0, 0.05) is 12.8 Å². The molecule has 0 aromatic carbocycles. The second-order valence-corrected chi connectivity index (χ2v) is 17.9. The summed E-state index contributed by atoms with van der Waals surface area (Å²) in [6, 6.07) is -0.665. The van der Waals surface area contributed by atoms with Crippen molar-refractivity contribution in [3.05, 3.63) is 24.3 Å². The maximum absolute atomic E-state index is 12.4. The Labute approximate surface area is 367 Å². The Kier molecular flexibility index (Phi) is 47.6. The van der Waals surface area contributed by atoms with Gasteiger partial charge < -0.3 is 20.3 Å². The van der Waals surface area contributed by atoms with Crippen LogP contribution in [0.25, 0.3) is 0 Å². The first-order chi connectivity index (χ1) is 29.0. The Morgan fingerprint density at radius 1 is 0.458 bits per heavy atom. The van der Waals surface area contributed by atoms with Crippen molar-refractivity contribution < 1.29 is 24.5 Å². The van der Waals surface area contributed by atoms with E-state index in [0.717, 1.165) is 70.6 Å². The van der Waals surface area contributed by atoms with E-state index in [9.17, 15) is 19.8 Å². The number of amides is 1. The van der Waals surface area contributed by atoms with Crippen LogP contribution in [-0.2, 0) is 14.3 Å². The number of rotatable bonds is 48. The van der Waals surface area contributed by atoms with Crippen molar-refractivity contribution in [2.75, 3.05) is 13.2 Å². The smallest absolute Gasteiger partial charge is 0.305 e. The van der Waals surface area contributed by atoms with Crippen molar-refractivity contribution in [2.24, 2.45) is 0 Å². The predicted molar refractivity (Wildman–Crippen MR) is 255 cm³/mol. The van der Waals surface area contributed by atoms with E-state index in [1.165, 1.54) is 180 Å². The molecule has 0 aliphatic heterocycles. The average molecular weight is 832 g/mol. The van der Waals surface area contributed by atoms with E-state index in [4.69, 9.17) is 4.74 Å². The maximum atomic E-state index is 12.4. The molecule has 6 nitrogen and oxygen atoms in total. The molecule has 0 fully saturated rings. The van der Waals surface area contributed by atoms with Crippen LogP contribution in [0.3, 0.4) is 0 Å². The summed E-state index contributed by atoms with van der Waals surface area (Å²) in [5, 5.41) is 23.1. The lowest BCUT2D eigenvalue weighted by Gasteiger charge is -2.19. The van der Waals surface area contributed by atoms with E-state index in [0.29, 0.717) is 19.4 Å². The van der Waals surface area contributed by atoms with E-state index < -0.39 is 12.1 Å². The summed E-state index contributed by atoms with van der Waals surface area (Å²) in [6.45, 7) is 4.81. The lowest BCUT2D eigenvalue weighted by molar-refractivity contribution is -0.143. The van der Waals surface area contributed by atoms with Gasteiger partial charge in [-0.25, -0.2) is 0 Å². The van der Waals surface area contributed by atoms with Crippen molar-refractivity contribution in [3.63, 3.8) is 0 Å². The van der Waals surface area contributed by atoms with Crippen LogP contribution in [0.2, 0.25) is 0 Å². The molecule has 3 N–H and O–H groups in total. The van der Waals surface area contributed by atoms with Crippen LogP contribution in [0.15, 0.2) is 24.3 Å². The number of unbranched alkanes of at least 4 members (excludes halogenated alkanes) is 35. The van der Waals surface area contributed by atoms with Crippen LogP contribution in [0.1, 0.15) is 277 Å². The number of nitrogens with one attached hydrogen (secondary N) is 1. The Morgan fingerprint density at radius 2 is 0.814 bits per heavy atom. The second-order valence-electron chi connectivity index (χ2n) is 17.9. The number of carbonyl (C=O) groups is 2. The number of carbonyl (C=O) groups excluding carboxylic acids is 2. The molecule has 0 rings (SSSR count). The molecular formula is C53H101NO5. The molecule has 2 atom stereocenters. The minimum atomic E-state index is -0.875. The third-order valence-corrected chi connectivity index (χ3v) is 12.0. The summed E-state index contributed by atoms with van der Waals surface area (Å²) < 4.78 is 5.42. The van der Waals surface area contributed by atoms with E-state index in [2.05, 4.69) is 31.3 Å². The second kappa shape index (κ2) is 49.0. The minimum Gasteiger partial charge on any atom is -0.466 e. The zero-order chi connectivity index (χ0) is 43.0. The molecule has 0 saturated carbocycles. The molecule has 0 bridgehead atoms. The predicted octanol–water partition coefficient (Wildman–Crippen LogP) is 15.5. The lowest BCUT2D eigenvalue weighted by atomic mass is 10.0. The van der Waals surface area contributed by atoms with Gasteiger partial charge in [-0.1, -0.05) is 237 Å². The van der Waals surface area contributed by atoms with Crippen LogP contribution in [-0.4, -0.2) is 47.4 Å². The van der Waals surface area contributed by atoms with Crippen molar-refractivity contribution in [1.82, 2.24) is 5.32 Å². The monoisotopic (exact) mass is 832 g/mol. The first-order valence-electron chi connectivity index (χ1n) is 26.1. The molecule has 348 valence electrons. The summed E-state index contributed by atoms with van der Waals surface area (Å²) in [5.74, 6) is -0.164. The quantitative estimate of drug-likeness (QED) is 0.0322. The highest BCUT2D eigenvalue weighted by Gasteiger charge is 2.17. The van der Waals surface area contributed by atoms with Gasteiger partial charge in [0.25, 0.3) is 0 Å². The maximum Gasteiger partial charge on any atom is 0.305 e. The first-order valence-corrected chi connectivity index (χ1v) is 26.1. The van der Waals surface area contributed by atoms with Crippen LogP contribution >= 0.6 is 0 Å². The van der Waals surface area contributed by atoms with Gasteiger partial charge >= 0.3 is 5.97 Å². The van der Waals surface area contributed by atoms with Gasteiger partial charge in [0.2, 0.25) is 5.91 Å². The Hall–Kier alpha value is -1.66. The van der Waals surface area contributed by atoms with Gasteiger partial charge in [0.15, 0.2) is 0 Å². The summed E-state index contributed by atoms with van der Waals surface area (Å²) in [5.41, 5.74) is 0. The van der Waals surface area contributed by atoms with Crippen molar-refractivity contribution in [1.29, 1.82) is 0 Å². The Morgan fingerprint density at radius 3 is 1.24 bits per heavy atom. The zero-order valence-electron chi connectivity index (χ0n) is 39.5. The number of allylic oxidation sites excluding steroid dienone is 3. The fourth-order valence-corrected chi connectivity index (χ4v) is 7.93. The van der Waals surface area contributed by atoms with Crippen LogP contribution in [0.5, 0.6) is 0 Å². The third-order valence-electron chi connectivity index (χ3n) is 12.0. The summed E-state index contributed by atoms with van der Waals surface area (Å²) >= 11 is 0. The van der Waals surface area contributed by atoms with Gasteiger partial charge in [-0.3, -0.25) is 9.59 Å². The first kappa shape index (κ1) is 57.3. The third kappa shape index (κ3) is 45.7. The highest BCUT2D eigenvalue weighted by molar-refractivity contribution is 5.76. The van der Waals surface area contributed by atoms with E-state index in [-0.39, 0.29) is 18.5 Å². The molecule has 2 unspecified atom stereocenters. The standard InChI is InChI=1S/C53H101NO5/c1-3-5-7-9-11-13-15-16-17-18-19-20-21-22-23-24-25-27-29-33-37-41-45-51(56)50(49-55)54-52(57)46-42-38-34-30-28-32-36-40-44-48-59-53(58)47-43-39-35-31-26-14-12-10-8-6-4-2/h30,34,41,45,50-51,55-56H,3-29,31-33,35-40,42-44,46-49H2,1-2H3,(H,54,57)/b34-30-,45-41+. The van der Waals surface area contributed by atoms with Gasteiger partial charge in [0.1, 0.15) is 0 Å². The largest absolute Gasteiger partial charge is 0.466 e. The molecule has 6 heteroatoms. The number of aliphatic hydroxyl groups is 2. The molecule has 0 heterocycles. The Balaban J connectivity index is 3.57. The number of ether oxygens (including phenoxy) is 1. The zero-order valence-corrected chi connectivity index (χ0v) is 39.5. The highest BCUT2D eigenvalue weighted by Crippen LogP contribution is 2.16. The highest BCUT2D eigenvalue weighted by atomic mass is 16.5. The fourth-order valence-electron chi connectivity index (χ4n) is 7.93. The van der Waals surface area contributed by atoms with Crippen molar-refractivity contribution in [2.45, 2.75) is 289 Å². The van der Waals surface area contributed by atoms with Gasteiger partial charge in [0.05, 0.1) is 25.4 Å². The number of hydrogen-bond acceptors (Lipinski definition) is 5. The molecule has 0 aromatic heterocycles. The Bertz CT molecular complexity index is 920. The summed E-state index contributed by atoms with van der Waals surface area (Å²) in [4.78, 5) is 24.4. The van der Waals surface area contributed by atoms with Gasteiger partial charge in [-0.2, -0.15) is 0 Å². The number of aliphatic hydroxyl groups excluding tert-OH is 2. The van der Waals surface area contributed by atoms with Crippen molar-refractivity contribution >= 4 is 11.9 Å². The SMILES string of the molecule is CCCCCCCCCCCCCCCCCCCCCC/C=C/C(O)C(CO)NC(=O)CCC/C=C\CCCCCCOC(=O)CCCCCCCCCCCCC. The minimum absolute atomic E-state index is 0.0381. The molecule has 1 amide bonds. The average Bonchev–Trinajstić information content (AvgIpc) is 3.24. The number of hydrogen-bond donors (Lipinski definition) is 3. The topological polar surface area (TPSA) is 95.9 Å². The summed E-state index contributed by atoms with van der Waals surface area (Å²) in [7, 11) is 0. The molecule has 0 saturated heterocycles. The normalized spacial score (nSPS) is 12.8. The molecule has 0 radical (unpaired) electrons. The molecule has 0 spiro atoms. The van der Waals surface area contributed by atoms with Crippen LogP contribution in [0.4, 0.5) is 0 Å². The molecule has 59 heavy (non-hydrogen) atoms.